The van der Waals surface area contributed by atoms with Crippen LogP contribution in [0.3, 0.4) is 0 Å². The van der Waals surface area contributed by atoms with Crippen LogP contribution < -0.4 is 10.1 Å². The van der Waals surface area contributed by atoms with Gasteiger partial charge in [0.15, 0.2) is 6.61 Å². The molecule has 0 fully saturated rings. The Morgan fingerprint density at radius 1 is 1.10 bits per heavy atom. The molecular formula is C22H24ClN3O4. The van der Waals surface area contributed by atoms with E-state index in [0.717, 1.165) is 11.0 Å². The van der Waals surface area contributed by atoms with Crippen LogP contribution in [0.1, 0.15) is 32.6 Å². The van der Waals surface area contributed by atoms with E-state index in [1.54, 1.807) is 42.7 Å². The minimum Gasteiger partial charge on any atom is -0.484 e. The van der Waals surface area contributed by atoms with Crippen molar-refractivity contribution < 1.29 is 19.1 Å². The lowest BCUT2D eigenvalue weighted by Crippen LogP contribution is -2.33. The largest absolute Gasteiger partial charge is 0.484 e. The lowest BCUT2D eigenvalue weighted by molar-refractivity contribution is -0.148. The smallest absolute Gasteiger partial charge is 0.326 e. The number of imidazole rings is 1. The summed E-state index contributed by atoms with van der Waals surface area (Å²) in [5.74, 6) is 0.447. The normalized spacial score (nSPS) is 12.0. The third kappa shape index (κ3) is 5.51. The van der Waals surface area contributed by atoms with Gasteiger partial charge in [-0.25, -0.2) is 4.98 Å². The molecule has 1 heterocycles. The molecule has 1 atom stereocenters. The number of hydrogen-bond donors (Lipinski definition) is 1. The van der Waals surface area contributed by atoms with Crippen molar-refractivity contribution >= 4 is 34.5 Å². The molecule has 0 saturated carbocycles. The van der Waals surface area contributed by atoms with Crippen molar-refractivity contribution in [3.05, 3.63) is 59.4 Å². The molecule has 3 aromatic rings. The fourth-order valence-corrected chi connectivity index (χ4v) is 3.17. The maximum Gasteiger partial charge on any atom is 0.326 e. The predicted molar refractivity (Wildman–Crippen MR) is 114 cm³/mol. The van der Waals surface area contributed by atoms with E-state index in [1.807, 2.05) is 31.2 Å². The van der Waals surface area contributed by atoms with E-state index in [9.17, 15) is 9.59 Å². The molecule has 0 aliphatic rings. The van der Waals surface area contributed by atoms with E-state index >= 15 is 0 Å². The highest BCUT2D eigenvalue weighted by Crippen LogP contribution is 2.21. The van der Waals surface area contributed by atoms with Gasteiger partial charge in [-0.2, -0.15) is 0 Å². The molecule has 0 radical (unpaired) electrons. The second kappa shape index (κ2) is 9.63. The van der Waals surface area contributed by atoms with Gasteiger partial charge in [0.05, 0.1) is 23.2 Å². The van der Waals surface area contributed by atoms with Crippen LogP contribution in [0.4, 0.5) is 0 Å². The van der Waals surface area contributed by atoms with Gasteiger partial charge in [0, 0.05) is 5.02 Å². The number of nitrogens with zero attached hydrogens (tertiary/aromatic N) is 2. The van der Waals surface area contributed by atoms with Crippen molar-refractivity contribution in [3.63, 3.8) is 0 Å². The third-order valence-electron chi connectivity index (χ3n) is 4.29. The van der Waals surface area contributed by atoms with Gasteiger partial charge < -0.3 is 19.4 Å². The van der Waals surface area contributed by atoms with Crippen LogP contribution in [-0.4, -0.2) is 34.1 Å². The van der Waals surface area contributed by atoms with Gasteiger partial charge in [0.2, 0.25) is 0 Å². The Morgan fingerprint density at radius 2 is 1.80 bits per heavy atom. The minimum absolute atomic E-state index is 0.00944. The topological polar surface area (TPSA) is 82.5 Å². The first-order chi connectivity index (χ1) is 14.3. The molecule has 0 bridgehead atoms. The molecule has 1 amide bonds. The molecule has 3 rings (SSSR count). The summed E-state index contributed by atoms with van der Waals surface area (Å²) in [6.07, 6.45) is -0.210. The Kier molecular flexibility index (Phi) is 6.95. The van der Waals surface area contributed by atoms with Crippen LogP contribution in [0.5, 0.6) is 5.75 Å². The standard InChI is InChI=1S/C22H24ClN3O4/c1-14(2)30-21(28)12-26-19-7-5-4-6-18(19)25-22(26)15(3)24-20(27)13-29-17-10-8-16(23)9-11-17/h4-11,14-15H,12-13H2,1-3H3,(H,24,27). The molecule has 1 N–H and O–H groups in total. The zero-order valence-corrected chi connectivity index (χ0v) is 17.8. The van der Waals surface area contributed by atoms with E-state index < -0.39 is 6.04 Å². The van der Waals surface area contributed by atoms with Gasteiger partial charge in [-0.05, 0) is 57.2 Å². The zero-order chi connectivity index (χ0) is 21.7. The van der Waals surface area contributed by atoms with Crippen LogP contribution in [0, 0.1) is 0 Å². The quantitative estimate of drug-likeness (QED) is 0.549. The molecule has 0 aliphatic carbocycles. The van der Waals surface area contributed by atoms with Crippen molar-refractivity contribution in [3.8, 4) is 5.75 Å². The fraction of sp³-hybridized carbons (Fsp3) is 0.318. The maximum absolute atomic E-state index is 12.4. The monoisotopic (exact) mass is 429 g/mol. The van der Waals surface area contributed by atoms with E-state index in [2.05, 4.69) is 10.3 Å². The predicted octanol–water partition coefficient (Wildman–Crippen LogP) is 3.90. The Bertz CT molecular complexity index is 1030. The van der Waals surface area contributed by atoms with Crippen molar-refractivity contribution in [1.82, 2.24) is 14.9 Å². The molecule has 7 nitrogen and oxygen atoms in total. The van der Waals surface area contributed by atoms with Crippen molar-refractivity contribution in [2.75, 3.05) is 6.61 Å². The molecule has 1 aromatic heterocycles. The average molecular weight is 430 g/mol. The Morgan fingerprint density at radius 3 is 2.50 bits per heavy atom. The number of carbonyl (C=O) groups is 2. The second-order valence-electron chi connectivity index (χ2n) is 7.12. The van der Waals surface area contributed by atoms with Gasteiger partial charge in [-0.15, -0.1) is 0 Å². The molecule has 30 heavy (non-hydrogen) atoms. The SMILES string of the molecule is CC(C)OC(=O)Cn1c(C(C)NC(=O)COc2ccc(Cl)cc2)nc2ccccc21. The minimum atomic E-state index is -0.439. The maximum atomic E-state index is 12.4. The molecule has 2 aromatic carbocycles. The zero-order valence-electron chi connectivity index (χ0n) is 17.1. The first-order valence-electron chi connectivity index (χ1n) is 9.66. The summed E-state index contributed by atoms with van der Waals surface area (Å²) in [6.45, 7) is 5.27. The number of ether oxygens (including phenoxy) is 2. The van der Waals surface area contributed by atoms with E-state index in [1.165, 1.54) is 0 Å². The third-order valence-corrected chi connectivity index (χ3v) is 4.54. The second-order valence-corrected chi connectivity index (χ2v) is 7.55. The lowest BCUT2D eigenvalue weighted by atomic mass is 10.3. The van der Waals surface area contributed by atoms with Crippen LogP contribution in [-0.2, 0) is 20.9 Å². The number of esters is 1. The van der Waals surface area contributed by atoms with Crippen molar-refractivity contribution in [1.29, 1.82) is 0 Å². The summed E-state index contributed by atoms with van der Waals surface area (Å²) < 4.78 is 12.5. The van der Waals surface area contributed by atoms with Crippen LogP contribution in [0.25, 0.3) is 11.0 Å². The van der Waals surface area contributed by atoms with Crippen LogP contribution in [0.15, 0.2) is 48.5 Å². The fourth-order valence-electron chi connectivity index (χ4n) is 3.05. The summed E-state index contributed by atoms with van der Waals surface area (Å²) in [4.78, 5) is 29.2. The van der Waals surface area contributed by atoms with E-state index in [4.69, 9.17) is 21.1 Å². The van der Waals surface area contributed by atoms with Crippen LogP contribution in [0.2, 0.25) is 5.02 Å². The number of fused-ring (bicyclic) bond motifs is 1. The number of carbonyl (C=O) groups excluding carboxylic acids is 2. The number of aromatic nitrogens is 2. The number of rotatable bonds is 8. The average Bonchev–Trinajstić information content (AvgIpc) is 3.05. The van der Waals surface area contributed by atoms with Gasteiger partial charge in [0.25, 0.3) is 5.91 Å². The summed E-state index contributed by atoms with van der Waals surface area (Å²) in [7, 11) is 0. The summed E-state index contributed by atoms with van der Waals surface area (Å²) in [6, 6.07) is 13.8. The summed E-state index contributed by atoms with van der Waals surface area (Å²) in [5, 5.41) is 3.46. The molecule has 158 valence electrons. The number of halogens is 1. The number of para-hydroxylation sites is 2. The van der Waals surface area contributed by atoms with Crippen molar-refractivity contribution in [2.45, 2.75) is 39.5 Å². The van der Waals surface area contributed by atoms with Gasteiger partial charge in [-0.1, -0.05) is 23.7 Å². The summed E-state index contributed by atoms with van der Waals surface area (Å²) >= 11 is 5.85. The Labute approximate surface area is 179 Å². The highest BCUT2D eigenvalue weighted by molar-refractivity contribution is 6.30. The molecule has 0 saturated heterocycles. The van der Waals surface area contributed by atoms with Gasteiger partial charge >= 0.3 is 5.97 Å². The van der Waals surface area contributed by atoms with Gasteiger partial charge in [-0.3, -0.25) is 9.59 Å². The Balaban J connectivity index is 1.72. The highest BCUT2D eigenvalue weighted by Gasteiger charge is 2.21. The number of hydrogen-bond acceptors (Lipinski definition) is 5. The van der Waals surface area contributed by atoms with Crippen molar-refractivity contribution in [2.24, 2.45) is 0 Å². The van der Waals surface area contributed by atoms with Gasteiger partial charge in [0.1, 0.15) is 18.1 Å². The molecule has 0 aliphatic heterocycles. The Hall–Kier alpha value is -3.06. The molecule has 1 unspecified atom stereocenters. The number of benzene rings is 2. The summed E-state index contributed by atoms with van der Waals surface area (Å²) in [5.41, 5.74) is 1.54. The first kappa shape index (κ1) is 21.6. The van der Waals surface area contributed by atoms with Crippen LogP contribution >= 0.6 is 11.6 Å². The lowest BCUT2D eigenvalue weighted by Gasteiger charge is -2.17. The molecule has 0 spiro atoms. The van der Waals surface area contributed by atoms with E-state index in [-0.39, 0.29) is 31.1 Å². The molecule has 8 heteroatoms. The highest BCUT2D eigenvalue weighted by atomic mass is 35.5. The number of nitrogens with one attached hydrogen (secondary N) is 1. The molecular weight excluding hydrogens is 406 g/mol. The first-order valence-corrected chi connectivity index (χ1v) is 10.0. The van der Waals surface area contributed by atoms with E-state index in [0.29, 0.717) is 16.6 Å². The number of amides is 1.